The molecule has 0 aromatic heterocycles. The maximum absolute atomic E-state index is 11.1. The summed E-state index contributed by atoms with van der Waals surface area (Å²) in [6.07, 6.45) is 5.62. The highest BCUT2D eigenvalue weighted by Crippen LogP contribution is 2.40. The molecule has 0 heterocycles. The summed E-state index contributed by atoms with van der Waals surface area (Å²) in [4.78, 5) is 11.1. The van der Waals surface area contributed by atoms with Crippen molar-refractivity contribution in [1.82, 2.24) is 0 Å². The molecule has 5 nitrogen and oxygen atoms in total. The molecule has 2 aliphatic carbocycles. The van der Waals surface area contributed by atoms with E-state index in [-0.39, 0.29) is 12.0 Å². The first kappa shape index (κ1) is 10.6. The van der Waals surface area contributed by atoms with E-state index in [0.29, 0.717) is 5.92 Å². The Morgan fingerprint density at radius 2 is 2.13 bits per heavy atom. The maximum Gasteiger partial charge on any atom is 0.323 e. The summed E-state index contributed by atoms with van der Waals surface area (Å²) in [7, 11) is -4.27. The molecule has 0 spiro atoms. The molecule has 0 amide bonds. The number of carbonyl (C=O) groups is 1. The lowest BCUT2D eigenvalue weighted by Gasteiger charge is -2.18. The molecule has 2 aliphatic rings. The largest absolute Gasteiger partial charge is 0.461 e. The van der Waals surface area contributed by atoms with Crippen LogP contribution in [0.3, 0.4) is 0 Å². The molecule has 6 heteroatoms. The molecule has 0 radical (unpaired) electrons. The molecule has 0 aromatic carbocycles. The summed E-state index contributed by atoms with van der Waals surface area (Å²) in [6, 6.07) is 0. The Bertz CT molecular complexity index is 397. The number of hydrogen-bond acceptors (Lipinski definition) is 4. The Morgan fingerprint density at radius 1 is 1.40 bits per heavy atom. The highest BCUT2D eigenvalue weighted by molar-refractivity contribution is 7.86. The van der Waals surface area contributed by atoms with Crippen molar-refractivity contribution in [3.8, 4) is 0 Å². The van der Waals surface area contributed by atoms with Crippen LogP contribution < -0.4 is 0 Å². The summed E-state index contributed by atoms with van der Waals surface area (Å²) >= 11 is 0. The third-order valence-corrected chi connectivity index (χ3v) is 3.40. The van der Waals surface area contributed by atoms with Crippen LogP contribution in [0.4, 0.5) is 0 Å². The van der Waals surface area contributed by atoms with E-state index in [1.807, 2.05) is 6.08 Å². The number of rotatable bonds is 3. The van der Waals surface area contributed by atoms with Crippen LogP contribution >= 0.6 is 0 Å². The molecule has 3 atom stereocenters. The van der Waals surface area contributed by atoms with E-state index in [0.717, 1.165) is 12.8 Å². The molecule has 0 saturated heterocycles. The first-order chi connectivity index (χ1) is 6.94. The fraction of sp³-hybridized carbons (Fsp3) is 0.667. The topological polar surface area (TPSA) is 80.7 Å². The summed E-state index contributed by atoms with van der Waals surface area (Å²) in [5.74, 6) is -1.15. The lowest BCUT2D eigenvalue weighted by Crippen LogP contribution is -2.26. The van der Waals surface area contributed by atoms with Crippen LogP contribution in [0.5, 0.6) is 0 Å². The summed E-state index contributed by atoms with van der Waals surface area (Å²) in [5, 5.41) is 0. The predicted molar refractivity (Wildman–Crippen MR) is 51.6 cm³/mol. The first-order valence-electron chi connectivity index (χ1n) is 4.77. The van der Waals surface area contributed by atoms with Gasteiger partial charge in [0.15, 0.2) is 5.75 Å². The van der Waals surface area contributed by atoms with E-state index in [1.54, 1.807) is 0 Å². The van der Waals surface area contributed by atoms with Gasteiger partial charge in [0, 0.05) is 5.92 Å². The van der Waals surface area contributed by atoms with Crippen molar-refractivity contribution in [2.45, 2.75) is 18.9 Å². The van der Waals surface area contributed by atoms with Gasteiger partial charge in [0.25, 0.3) is 10.1 Å². The molecule has 84 valence electrons. The zero-order valence-electron chi connectivity index (χ0n) is 8.00. The molecular formula is C9H12O5S. The van der Waals surface area contributed by atoms with E-state index in [4.69, 9.17) is 9.29 Å². The Kier molecular flexibility index (Phi) is 2.56. The van der Waals surface area contributed by atoms with E-state index >= 15 is 0 Å². The second kappa shape index (κ2) is 3.61. The number of allylic oxidation sites excluding steroid dienone is 1. The van der Waals surface area contributed by atoms with Gasteiger partial charge in [-0.05, 0) is 18.8 Å². The van der Waals surface area contributed by atoms with Gasteiger partial charge in [-0.3, -0.25) is 9.35 Å². The van der Waals surface area contributed by atoms with Gasteiger partial charge < -0.3 is 4.74 Å². The average Bonchev–Trinajstić information content (AvgIpc) is 2.60. The lowest BCUT2D eigenvalue weighted by atomic mass is 10.0. The van der Waals surface area contributed by atoms with Crippen LogP contribution in [0.2, 0.25) is 0 Å². The van der Waals surface area contributed by atoms with Gasteiger partial charge in [-0.1, -0.05) is 12.2 Å². The van der Waals surface area contributed by atoms with Crippen molar-refractivity contribution in [2.75, 3.05) is 5.75 Å². The predicted octanol–water partition coefficient (Wildman–Crippen LogP) is 0.382. The normalized spacial score (nSPS) is 33.3. The third-order valence-electron chi connectivity index (χ3n) is 2.80. The van der Waals surface area contributed by atoms with Crippen molar-refractivity contribution >= 4 is 16.1 Å². The average molecular weight is 232 g/mol. The standard InChI is InChI=1S/C9H12O5S/c10-9(5-15(11,12)13)14-8-4-6-1-2-7(8)3-6/h1-2,6-8H,3-5H2,(H,11,12,13)/t6?,7-,8?/m1/s1. The summed E-state index contributed by atoms with van der Waals surface area (Å²) in [5.41, 5.74) is 0. The van der Waals surface area contributed by atoms with Crippen LogP contribution in [-0.4, -0.2) is 30.8 Å². The minimum Gasteiger partial charge on any atom is -0.461 e. The van der Waals surface area contributed by atoms with Crippen LogP contribution in [-0.2, 0) is 19.6 Å². The third kappa shape index (κ3) is 2.57. The number of esters is 1. The number of fused-ring (bicyclic) bond motifs is 2. The number of hydrogen-bond donors (Lipinski definition) is 1. The molecule has 1 fully saturated rings. The Morgan fingerprint density at radius 3 is 2.60 bits per heavy atom. The van der Waals surface area contributed by atoms with Gasteiger partial charge in [0.05, 0.1) is 0 Å². The SMILES string of the molecule is O=C(CS(=O)(=O)O)OC1CC2C=C[C@@H]1C2. The van der Waals surface area contributed by atoms with Crippen LogP contribution in [0.1, 0.15) is 12.8 Å². The maximum atomic E-state index is 11.1. The Labute approximate surface area is 87.9 Å². The lowest BCUT2D eigenvalue weighted by molar-refractivity contribution is -0.147. The minimum absolute atomic E-state index is 0.214. The number of ether oxygens (including phenoxy) is 1. The molecule has 1 N–H and O–H groups in total. The highest BCUT2D eigenvalue weighted by atomic mass is 32.2. The van der Waals surface area contributed by atoms with Gasteiger partial charge >= 0.3 is 5.97 Å². The Hall–Kier alpha value is -0.880. The van der Waals surface area contributed by atoms with Gasteiger partial charge in [-0.15, -0.1) is 0 Å². The second-order valence-electron chi connectivity index (χ2n) is 4.03. The van der Waals surface area contributed by atoms with Crippen LogP contribution in [0.15, 0.2) is 12.2 Å². The van der Waals surface area contributed by atoms with E-state index in [2.05, 4.69) is 6.08 Å². The number of carbonyl (C=O) groups excluding carboxylic acids is 1. The molecular weight excluding hydrogens is 220 g/mol. The summed E-state index contributed by atoms with van der Waals surface area (Å²) < 4.78 is 34.3. The van der Waals surface area contributed by atoms with Gasteiger partial charge in [0.2, 0.25) is 0 Å². The van der Waals surface area contributed by atoms with Crippen molar-refractivity contribution < 1.29 is 22.5 Å². The fourth-order valence-corrected chi connectivity index (χ4v) is 2.58. The smallest absolute Gasteiger partial charge is 0.323 e. The molecule has 2 unspecified atom stereocenters. The molecule has 0 aliphatic heterocycles. The fourth-order valence-electron chi connectivity index (χ4n) is 2.22. The van der Waals surface area contributed by atoms with Crippen molar-refractivity contribution in [1.29, 1.82) is 0 Å². The van der Waals surface area contributed by atoms with E-state index < -0.39 is 21.8 Å². The monoisotopic (exact) mass is 232 g/mol. The first-order valence-corrected chi connectivity index (χ1v) is 6.38. The van der Waals surface area contributed by atoms with Crippen LogP contribution in [0, 0.1) is 11.8 Å². The van der Waals surface area contributed by atoms with Crippen molar-refractivity contribution in [3.05, 3.63) is 12.2 Å². The van der Waals surface area contributed by atoms with E-state index in [1.165, 1.54) is 0 Å². The van der Waals surface area contributed by atoms with E-state index in [9.17, 15) is 13.2 Å². The molecule has 2 rings (SSSR count). The molecule has 15 heavy (non-hydrogen) atoms. The highest BCUT2D eigenvalue weighted by Gasteiger charge is 2.38. The zero-order valence-corrected chi connectivity index (χ0v) is 8.81. The molecule has 1 saturated carbocycles. The zero-order chi connectivity index (χ0) is 11.1. The van der Waals surface area contributed by atoms with Gasteiger partial charge in [-0.2, -0.15) is 8.42 Å². The molecule has 2 bridgehead atoms. The minimum atomic E-state index is -4.27. The van der Waals surface area contributed by atoms with Crippen LogP contribution in [0.25, 0.3) is 0 Å². The van der Waals surface area contributed by atoms with Crippen molar-refractivity contribution in [2.24, 2.45) is 11.8 Å². The van der Waals surface area contributed by atoms with Gasteiger partial charge in [-0.25, -0.2) is 0 Å². The quantitative estimate of drug-likeness (QED) is 0.432. The second-order valence-corrected chi connectivity index (χ2v) is 5.49. The molecule has 0 aromatic rings. The van der Waals surface area contributed by atoms with Gasteiger partial charge in [0.1, 0.15) is 6.10 Å². The Balaban J connectivity index is 1.88. The summed E-state index contributed by atoms with van der Waals surface area (Å²) in [6.45, 7) is 0. The van der Waals surface area contributed by atoms with Crippen molar-refractivity contribution in [3.63, 3.8) is 0 Å².